The summed E-state index contributed by atoms with van der Waals surface area (Å²) in [6.45, 7) is 0.443. The molecule has 1 heterocycles. The van der Waals surface area contributed by atoms with Crippen LogP contribution in [0.25, 0.3) is 5.69 Å². The van der Waals surface area contributed by atoms with Crippen LogP contribution in [0.2, 0.25) is 0 Å². The molecule has 1 aliphatic rings. The van der Waals surface area contributed by atoms with E-state index < -0.39 is 0 Å². The number of benzene rings is 1. The van der Waals surface area contributed by atoms with E-state index in [1.807, 2.05) is 6.07 Å². The fourth-order valence-electron chi connectivity index (χ4n) is 2.49. The lowest BCUT2D eigenvalue weighted by Crippen LogP contribution is -2.09. The van der Waals surface area contributed by atoms with Gasteiger partial charge in [-0.2, -0.15) is 5.10 Å². The summed E-state index contributed by atoms with van der Waals surface area (Å²) >= 11 is 0. The molecule has 1 aromatic carbocycles. The maximum atomic E-state index is 13.2. The highest BCUT2D eigenvalue weighted by molar-refractivity contribution is 5.39. The maximum absolute atomic E-state index is 13.2. The maximum Gasteiger partial charge on any atom is 0.125 e. The van der Waals surface area contributed by atoms with Crippen LogP contribution in [0.3, 0.4) is 0 Å². The quantitative estimate of drug-likeness (QED) is 0.858. The molecule has 0 spiro atoms. The Labute approximate surface area is 99.1 Å². The number of hydrogen-bond acceptors (Lipinski definition) is 2. The van der Waals surface area contributed by atoms with Gasteiger partial charge in [-0.3, -0.25) is 0 Å². The van der Waals surface area contributed by atoms with Crippen molar-refractivity contribution in [3.63, 3.8) is 0 Å². The molecule has 2 aromatic rings. The molecule has 1 aromatic heterocycles. The van der Waals surface area contributed by atoms with Crippen molar-refractivity contribution in [2.75, 3.05) is 0 Å². The Morgan fingerprint density at radius 2 is 2.24 bits per heavy atom. The van der Waals surface area contributed by atoms with Gasteiger partial charge in [-0.25, -0.2) is 9.07 Å². The first-order chi connectivity index (χ1) is 8.29. The Morgan fingerprint density at radius 1 is 1.35 bits per heavy atom. The van der Waals surface area contributed by atoms with Gasteiger partial charge in [0.05, 0.1) is 17.1 Å². The molecule has 0 saturated carbocycles. The van der Waals surface area contributed by atoms with E-state index in [4.69, 9.17) is 5.73 Å². The second kappa shape index (κ2) is 3.96. The molecule has 17 heavy (non-hydrogen) atoms. The zero-order chi connectivity index (χ0) is 11.8. The first kappa shape index (κ1) is 10.5. The molecule has 0 bridgehead atoms. The monoisotopic (exact) mass is 231 g/mol. The minimum absolute atomic E-state index is 0.249. The molecule has 0 atom stereocenters. The van der Waals surface area contributed by atoms with Crippen LogP contribution in [0.4, 0.5) is 4.39 Å². The van der Waals surface area contributed by atoms with Crippen molar-refractivity contribution >= 4 is 0 Å². The molecule has 0 unspecified atom stereocenters. The van der Waals surface area contributed by atoms with Crippen LogP contribution in [0.1, 0.15) is 23.4 Å². The highest BCUT2D eigenvalue weighted by Gasteiger charge is 2.21. The Hall–Kier alpha value is -1.68. The summed E-state index contributed by atoms with van der Waals surface area (Å²) in [4.78, 5) is 0. The van der Waals surface area contributed by atoms with Crippen molar-refractivity contribution < 1.29 is 4.39 Å². The van der Waals surface area contributed by atoms with Gasteiger partial charge in [0.2, 0.25) is 0 Å². The van der Waals surface area contributed by atoms with Crippen LogP contribution in [-0.4, -0.2) is 9.78 Å². The molecule has 1 aliphatic carbocycles. The van der Waals surface area contributed by atoms with Crippen LogP contribution in [0, 0.1) is 5.82 Å². The van der Waals surface area contributed by atoms with Crippen LogP contribution in [0.5, 0.6) is 0 Å². The highest BCUT2D eigenvalue weighted by atomic mass is 19.1. The van der Waals surface area contributed by atoms with Crippen molar-refractivity contribution in [3.05, 3.63) is 47.0 Å². The van der Waals surface area contributed by atoms with Gasteiger partial charge in [0.1, 0.15) is 5.82 Å². The summed E-state index contributed by atoms with van der Waals surface area (Å²) in [5.74, 6) is -0.249. The normalized spacial score (nSPS) is 14.0. The Bertz CT molecular complexity index is 560. The van der Waals surface area contributed by atoms with E-state index in [1.165, 1.54) is 17.7 Å². The Balaban J connectivity index is 2.15. The number of nitrogens with two attached hydrogens (primary N) is 1. The van der Waals surface area contributed by atoms with E-state index >= 15 is 0 Å². The van der Waals surface area contributed by atoms with Crippen LogP contribution >= 0.6 is 0 Å². The lowest BCUT2D eigenvalue weighted by molar-refractivity contribution is 0.624. The van der Waals surface area contributed by atoms with Gasteiger partial charge in [-0.15, -0.1) is 0 Å². The average Bonchev–Trinajstić information content (AvgIpc) is 2.88. The summed E-state index contributed by atoms with van der Waals surface area (Å²) in [6.07, 6.45) is 3.19. The predicted molar refractivity (Wildman–Crippen MR) is 63.4 cm³/mol. The van der Waals surface area contributed by atoms with E-state index in [1.54, 1.807) is 10.7 Å². The van der Waals surface area contributed by atoms with E-state index in [-0.39, 0.29) is 5.82 Å². The Kier molecular flexibility index (Phi) is 2.44. The van der Waals surface area contributed by atoms with E-state index in [9.17, 15) is 4.39 Å². The number of halogens is 1. The fraction of sp³-hybridized carbons (Fsp3) is 0.308. The standard InChI is InChI=1S/C13H14FN3/c14-9-3-1-4-10(7-9)17-13(8-15)11-5-2-6-12(11)16-17/h1,3-4,7H,2,5-6,8,15H2. The summed E-state index contributed by atoms with van der Waals surface area (Å²) in [7, 11) is 0. The zero-order valence-corrected chi connectivity index (χ0v) is 9.49. The third-order valence-electron chi connectivity index (χ3n) is 3.26. The smallest absolute Gasteiger partial charge is 0.125 e. The zero-order valence-electron chi connectivity index (χ0n) is 9.49. The molecular weight excluding hydrogens is 217 g/mol. The number of rotatable bonds is 2. The third-order valence-corrected chi connectivity index (χ3v) is 3.26. The minimum atomic E-state index is -0.249. The topological polar surface area (TPSA) is 43.8 Å². The molecule has 0 saturated heterocycles. The van der Waals surface area contributed by atoms with Gasteiger partial charge in [0.15, 0.2) is 0 Å². The van der Waals surface area contributed by atoms with Crippen LogP contribution in [0.15, 0.2) is 24.3 Å². The SMILES string of the molecule is NCc1c2c(nn1-c1cccc(F)c1)CCC2. The molecule has 3 nitrogen and oxygen atoms in total. The van der Waals surface area contributed by atoms with Gasteiger partial charge in [-0.05, 0) is 43.0 Å². The number of nitrogens with zero attached hydrogens (tertiary/aromatic N) is 2. The largest absolute Gasteiger partial charge is 0.325 e. The summed E-state index contributed by atoms with van der Waals surface area (Å²) in [6, 6.07) is 6.46. The second-order valence-corrected chi connectivity index (χ2v) is 4.32. The van der Waals surface area contributed by atoms with Crippen molar-refractivity contribution in [2.45, 2.75) is 25.8 Å². The second-order valence-electron chi connectivity index (χ2n) is 4.32. The van der Waals surface area contributed by atoms with Gasteiger partial charge in [0, 0.05) is 6.54 Å². The molecule has 3 rings (SSSR count). The first-order valence-electron chi connectivity index (χ1n) is 5.85. The fourth-order valence-corrected chi connectivity index (χ4v) is 2.49. The van der Waals surface area contributed by atoms with Crippen molar-refractivity contribution in [3.8, 4) is 5.69 Å². The molecule has 4 heteroatoms. The molecule has 0 fully saturated rings. The molecular formula is C13H14FN3. The van der Waals surface area contributed by atoms with Crippen molar-refractivity contribution in [1.82, 2.24) is 9.78 Å². The van der Waals surface area contributed by atoms with Crippen molar-refractivity contribution in [2.24, 2.45) is 5.73 Å². The van der Waals surface area contributed by atoms with Gasteiger partial charge in [0.25, 0.3) is 0 Å². The highest BCUT2D eigenvalue weighted by Crippen LogP contribution is 2.26. The molecule has 0 radical (unpaired) electrons. The summed E-state index contributed by atoms with van der Waals surface area (Å²) < 4.78 is 15.0. The lowest BCUT2D eigenvalue weighted by atomic mass is 10.2. The molecule has 88 valence electrons. The lowest BCUT2D eigenvalue weighted by Gasteiger charge is -2.07. The predicted octanol–water partition coefficient (Wildman–Crippen LogP) is 1.96. The van der Waals surface area contributed by atoms with Crippen LogP contribution in [-0.2, 0) is 19.4 Å². The Morgan fingerprint density at radius 3 is 3.00 bits per heavy atom. The molecule has 0 aliphatic heterocycles. The van der Waals surface area contributed by atoms with Gasteiger partial charge >= 0.3 is 0 Å². The number of aryl methyl sites for hydroxylation is 1. The van der Waals surface area contributed by atoms with E-state index in [0.29, 0.717) is 6.54 Å². The summed E-state index contributed by atoms with van der Waals surface area (Å²) in [5.41, 5.74) is 9.94. The molecule has 2 N–H and O–H groups in total. The summed E-state index contributed by atoms with van der Waals surface area (Å²) in [5, 5.41) is 4.54. The number of aromatic nitrogens is 2. The van der Waals surface area contributed by atoms with Crippen molar-refractivity contribution in [1.29, 1.82) is 0 Å². The first-order valence-corrected chi connectivity index (χ1v) is 5.85. The third kappa shape index (κ3) is 1.65. The number of hydrogen-bond donors (Lipinski definition) is 1. The minimum Gasteiger partial charge on any atom is -0.325 e. The van der Waals surface area contributed by atoms with E-state index in [2.05, 4.69) is 5.10 Å². The van der Waals surface area contributed by atoms with Gasteiger partial charge < -0.3 is 5.73 Å². The van der Waals surface area contributed by atoms with E-state index in [0.717, 1.165) is 36.3 Å². The molecule has 0 amide bonds. The van der Waals surface area contributed by atoms with Crippen LogP contribution < -0.4 is 5.73 Å². The number of fused-ring (bicyclic) bond motifs is 1. The van der Waals surface area contributed by atoms with Gasteiger partial charge in [-0.1, -0.05) is 6.07 Å². The average molecular weight is 231 g/mol.